The summed E-state index contributed by atoms with van der Waals surface area (Å²) in [5, 5.41) is 8.53. The summed E-state index contributed by atoms with van der Waals surface area (Å²) in [6, 6.07) is 0. The van der Waals surface area contributed by atoms with E-state index in [-0.39, 0.29) is 6.61 Å². The van der Waals surface area contributed by atoms with Gasteiger partial charge in [0.2, 0.25) is 0 Å². The molecule has 0 spiro atoms. The van der Waals surface area contributed by atoms with Gasteiger partial charge in [-0.1, -0.05) is 12.7 Å². The molecule has 0 aromatic carbocycles. The Hall–Kier alpha value is -1.12. The number of rotatable bonds is 18. The quantitative estimate of drug-likeness (QED) is 0.225. The van der Waals surface area contributed by atoms with Crippen molar-refractivity contribution in [3.05, 3.63) is 24.1 Å². The molecule has 0 bridgehead atoms. The summed E-state index contributed by atoms with van der Waals surface area (Å²) < 4.78 is 27.0. The highest BCUT2D eigenvalue weighted by Gasteiger charge is 2.06. The summed E-state index contributed by atoms with van der Waals surface area (Å²) in [5.41, 5.74) is 1.01. The number of nitrogens with zero attached hydrogens (tertiary/aromatic N) is 1. The fourth-order valence-corrected chi connectivity index (χ4v) is 1.78. The molecule has 7 heteroatoms. The van der Waals surface area contributed by atoms with E-state index in [0.717, 1.165) is 18.0 Å². The lowest BCUT2D eigenvalue weighted by molar-refractivity contribution is -0.0122. The van der Waals surface area contributed by atoms with Crippen LogP contribution in [0.1, 0.15) is 13.8 Å². The van der Waals surface area contributed by atoms with Crippen LogP contribution in [0.2, 0.25) is 0 Å². The molecule has 1 N–H and O–H groups in total. The Morgan fingerprint density at radius 3 is 1.72 bits per heavy atom. The van der Waals surface area contributed by atoms with Crippen molar-refractivity contribution in [3.63, 3.8) is 0 Å². The van der Waals surface area contributed by atoms with Crippen LogP contribution in [0.15, 0.2) is 24.1 Å². The fourth-order valence-electron chi connectivity index (χ4n) is 1.78. The minimum Gasteiger partial charge on any atom is -0.476 e. The Kier molecular flexibility index (Phi) is 16.9. The van der Waals surface area contributed by atoms with Gasteiger partial charge in [-0.3, -0.25) is 0 Å². The zero-order valence-corrected chi connectivity index (χ0v) is 16.0. The maximum Gasteiger partial charge on any atom is 0.192 e. The van der Waals surface area contributed by atoms with Crippen LogP contribution in [-0.2, 0) is 23.7 Å². The first-order valence-corrected chi connectivity index (χ1v) is 8.76. The standard InChI is InChI=1S/C18H35NO6/c1-5-17(3)18(19(4)6-2)25-16-15-24-14-13-23-12-11-22-10-9-21-8-7-20/h5,20H,1,6-16H2,2-4H3/b18-17+. The number of hydrogen-bond acceptors (Lipinski definition) is 7. The Labute approximate surface area is 152 Å². The Morgan fingerprint density at radius 2 is 1.32 bits per heavy atom. The zero-order chi connectivity index (χ0) is 18.8. The van der Waals surface area contributed by atoms with Gasteiger partial charge in [-0.2, -0.15) is 0 Å². The molecule has 0 unspecified atom stereocenters. The van der Waals surface area contributed by atoms with Crippen molar-refractivity contribution in [2.75, 3.05) is 79.7 Å². The van der Waals surface area contributed by atoms with Gasteiger partial charge in [0.1, 0.15) is 6.61 Å². The minimum absolute atomic E-state index is 0.0366. The van der Waals surface area contributed by atoms with Gasteiger partial charge in [0, 0.05) is 19.2 Å². The highest BCUT2D eigenvalue weighted by Crippen LogP contribution is 2.10. The van der Waals surface area contributed by atoms with Crippen molar-refractivity contribution in [2.24, 2.45) is 0 Å². The first kappa shape index (κ1) is 23.9. The number of aliphatic hydroxyl groups is 1. The maximum atomic E-state index is 8.53. The molecule has 25 heavy (non-hydrogen) atoms. The van der Waals surface area contributed by atoms with E-state index in [1.54, 1.807) is 6.08 Å². The average Bonchev–Trinajstić information content (AvgIpc) is 2.63. The molecule has 148 valence electrons. The van der Waals surface area contributed by atoms with Gasteiger partial charge in [-0.25, -0.2) is 0 Å². The van der Waals surface area contributed by atoms with Gasteiger partial charge in [0.25, 0.3) is 0 Å². The summed E-state index contributed by atoms with van der Waals surface area (Å²) in [7, 11) is 1.98. The molecule has 0 aliphatic rings. The van der Waals surface area contributed by atoms with E-state index in [9.17, 15) is 0 Å². The summed E-state index contributed by atoms with van der Waals surface area (Å²) in [6.45, 7) is 13.1. The largest absolute Gasteiger partial charge is 0.476 e. The monoisotopic (exact) mass is 361 g/mol. The molecule has 0 saturated heterocycles. The van der Waals surface area contributed by atoms with Gasteiger partial charge in [0.05, 0.1) is 59.5 Å². The second kappa shape index (κ2) is 17.7. The molecule has 0 rings (SSSR count). The lowest BCUT2D eigenvalue weighted by Gasteiger charge is -2.22. The first-order chi connectivity index (χ1) is 12.2. The highest BCUT2D eigenvalue weighted by atomic mass is 16.6. The van der Waals surface area contributed by atoms with Crippen LogP contribution in [0.4, 0.5) is 0 Å². The summed E-state index contributed by atoms with van der Waals surface area (Å²) in [4.78, 5) is 2.04. The van der Waals surface area contributed by atoms with Crippen LogP contribution in [0.25, 0.3) is 0 Å². The molecule has 0 fully saturated rings. The number of hydrogen-bond donors (Lipinski definition) is 1. The summed E-state index contributed by atoms with van der Waals surface area (Å²) in [5.74, 6) is 0.831. The SMILES string of the molecule is C=C/C(C)=C(/OCCOCCOCCOCCOCCO)N(C)CC. The van der Waals surface area contributed by atoms with E-state index in [1.807, 2.05) is 18.9 Å². The lowest BCUT2D eigenvalue weighted by atomic mass is 10.3. The molecular formula is C18H35NO6. The van der Waals surface area contributed by atoms with Gasteiger partial charge in [-0.05, 0) is 13.8 Å². The number of aliphatic hydroxyl groups excluding tert-OH is 1. The topological polar surface area (TPSA) is 69.6 Å². The average molecular weight is 361 g/mol. The molecule has 0 aromatic rings. The molecule has 0 amide bonds. The first-order valence-electron chi connectivity index (χ1n) is 8.76. The van der Waals surface area contributed by atoms with Crippen molar-refractivity contribution >= 4 is 0 Å². The third-order valence-corrected chi connectivity index (χ3v) is 3.28. The normalized spacial score (nSPS) is 12.0. The van der Waals surface area contributed by atoms with E-state index in [1.165, 1.54) is 0 Å². The third kappa shape index (κ3) is 13.8. The van der Waals surface area contributed by atoms with Crippen LogP contribution < -0.4 is 0 Å². The van der Waals surface area contributed by atoms with Gasteiger partial charge in [-0.15, -0.1) is 0 Å². The van der Waals surface area contributed by atoms with Crippen molar-refractivity contribution < 1.29 is 28.8 Å². The van der Waals surface area contributed by atoms with E-state index in [4.69, 9.17) is 28.8 Å². The molecule has 0 atom stereocenters. The molecule has 7 nitrogen and oxygen atoms in total. The minimum atomic E-state index is 0.0366. The van der Waals surface area contributed by atoms with E-state index in [2.05, 4.69) is 13.5 Å². The Bertz CT molecular complexity index is 348. The lowest BCUT2D eigenvalue weighted by Crippen LogP contribution is -2.22. The molecule has 0 radical (unpaired) electrons. The summed E-state index contributed by atoms with van der Waals surface area (Å²) >= 11 is 0. The van der Waals surface area contributed by atoms with Crippen molar-refractivity contribution in [1.29, 1.82) is 0 Å². The molecule has 0 heterocycles. The van der Waals surface area contributed by atoms with E-state index >= 15 is 0 Å². The molecular weight excluding hydrogens is 326 g/mol. The molecule has 0 saturated carbocycles. The number of ether oxygens (including phenoxy) is 5. The third-order valence-electron chi connectivity index (χ3n) is 3.28. The van der Waals surface area contributed by atoms with Crippen molar-refractivity contribution in [2.45, 2.75) is 13.8 Å². The number of allylic oxidation sites excluding steroid dienone is 2. The van der Waals surface area contributed by atoms with Crippen LogP contribution >= 0.6 is 0 Å². The predicted octanol–water partition coefficient (Wildman–Crippen LogP) is 1.43. The predicted molar refractivity (Wildman–Crippen MR) is 97.5 cm³/mol. The summed E-state index contributed by atoms with van der Waals surface area (Å²) in [6.07, 6.45) is 1.79. The van der Waals surface area contributed by atoms with E-state index in [0.29, 0.717) is 59.5 Å². The Balaban J connectivity index is 3.48. The van der Waals surface area contributed by atoms with E-state index < -0.39 is 0 Å². The van der Waals surface area contributed by atoms with Gasteiger partial charge in [0.15, 0.2) is 5.88 Å². The van der Waals surface area contributed by atoms with Crippen molar-refractivity contribution in [1.82, 2.24) is 4.90 Å². The Morgan fingerprint density at radius 1 is 0.880 bits per heavy atom. The van der Waals surface area contributed by atoms with Crippen LogP contribution in [0, 0.1) is 0 Å². The van der Waals surface area contributed by atoms with Gasteiger partial charge >= 0.3 is 0 Å². The van der Waals surface area contributed by atoms with Crippen molar-refractivity contribution in [3.8, 4) is 0 Å². The second-order valence-corrected chi connectivity index (χ2v) is 5.23. The fraction of sp³-hybridized carbons (Fsp3) is 0.778. The van der Waals surface area contributed by atoms with Crippen LogP contribution in [-0.4, -0.2) is 89.7 Å². The smallest absolute Gasteiger partial charge is 0.192 e. The maximum absolute atomic E-state index is 8.53. The highest BCUT2D eigenvalue weighted by molar-refractivity contribution is 5.16. The molecule has 0 aromatic heterocycles. The molecule has 0 aliphatic carbocycles. The second-order valence-electron chi connectivity index (χ2n) is 5.23. The van der Waals surface area contributed by atoms with Crippen LogP contribution in [0.3, 0.4) is 0 Å². The zero-order valence-electron chi connectivity index (χ0n) is 16.0. The molecule has 0 aliphatic heterocycles. The van der Waals surface area contributed by atoms with Crippen LogP contribution in [0.5, 0.6) is 0 Å². The van der Waals surface area contributed by atoms with Gasteiger partial charge < -0.3 is 33.7 Å².